The third-order valence-corrected chi connectivity index (χ3v) is 4.66. The van der Waals surface area contributed by atoms with Crippen LogP contribution in [0.25, 0.3) is 0 Å². The van der Waals surface area contributed by atoms with E-state index in [-0.39, 0.29) is 24.9 Å². The molecule has 7 nitrogen and oxygen atoms in total. The summed E-state index contributed by atoms with van der Waals surface area (Å²) < 4.78 is 5.20. The molecule has 1 aromatic carbocycles. The van der Waals surface area contributed by atoms with Crippen molar-refractivity contribution in [1.29, 1.82) is 5.26 Å². The van der Waals surface area contributed by atoms with Crippen LogP contribution in [0.5, 0.6) is 0 Å². The Bertz CT molecular complexity index is 833. The average molecular weight is 366 g/mol. The van der Waals surface area contributed by atoms with E-state index in [0.29, 0.717) is 29.9 Å². The van der Waals surface area contributed by atoms with Crippen LogP contribution < -0.4 is 16.0 Å². The number of para-hydroxylation sites is 1. The largest absolute Gasteiger partial charge is 0.467 e. The average Bonchev–Trinajstić information content (AvgIpc) is 3.37. The Labute approximate surface area is 157 Å². The summed E-state index contributed by atoms with van der Waals surface area (Å²) in [6, 6.07) is 12.7. The van der Waals surface area contributed by atoms with Crippen LogP contribution in [0.1, 0.15) is 41.8 Å². The van der Waals surface area contributed by atoms with Gasteiger partial charge < -0.3 is 20.4 Å². The predicted octanol–water partition coefficient (Wildman–Crippen LogP) is 2.57. The van der Waals surface area contributed by atoms with Gasteiger partial charge in [-0.25, -0.2) is 0 Å². The minimum atomic E-state index is -0.751. The van der Waals surface area contributed by atoms with Crippen LogP contribution in [0.15, 0.2) is 47.1 Å². The molecular weight excluding hydrogens is 344 g/mol. The van der Waals surface area contributed by atoms with Crippen LogP contribution in [0.2, 0.25) is 0 Å². The Morgan fingerprint density at radius 3 is 2.63 bits per heavy atom. The van der Waals surface area contributed by atoms with Crippen molar-refractivity contribution in [2.75, 3.05) is 11.9 Å². The molecule has 0 atom stereocenters. The van der Waals surface area contributed by atoms with Gasteiger partial charge in [0.25, 0.3) is 5.91 Å². The van der Waals surface area contributed by atoms with E-state index in [9.17, 15) is 14.9 Å². The zero-order valence-corrected chi connectivity index (χ0v) is 15.0. The lowest BCUT2D eigenvalue weighted by Crippen LogP contribution is -2.47. The molecule has 7 heteroatoms. The molecule has 1 fully saturated rings. The zero-order valence-electron chi connectivity index (χ0n) is 15.0. The number of rotatable bonds is 7. The standard InChI is InChI=1S/C20H22N4O3/c21-14-20(9-3-4-10-20)24-18(25)13-22-17-8-2-1-7-16(17)19(26)23-12-15-6-5-11-27-15/h1-2,5-8,11,22H,3-4,9-10,12-13H2,(H,23,26)(H,24,25). The van der Waals surface area contributed by atoms with E-state index in [1.54, 1.807) is 42.7 Å². The normalized spacial score (nSPS) is 14.9. The molecule has 1 aliphatic carbocycles. The fourth-order valence-electron chi connectivity index (χ4n) is 3.24. The first-order chi connectivity index (χ1) is 13.1. The highest BCUT2D eigenvalue weighted by molar-refractivity contribution is 6.00. The number of nitriles is 1. The minimum Gasteiger partial charge on any atom is -0.467 e. The third-order valence-electron chi connectivity index (χ3n) is 4.66. The number of furan rings is 1. The second-order valence-electron chi connectivity index (χ2n) is 6.61. The Hall–Kier alpha value is -3.27. The van der Waals surface area contributed by atoms with Gasteiger partial charge in [-0.2, -0.15) is 5.26 Å². The van der Waals surface area contributed by atoms with Gasteiger partial charge in [-0.15, -0.1) is 0 Å². The van der Waals surface area contributed by atoms with Gasteiger partial charge in [-0.3, -0.25) is 9.59 Å². The van der Waals surface area contributed by atoms with E-state index >= 15 is 0 Å². The molecule has 0 saturated heterocycles. The molecule has 2 aromatic rings. The van der Waals surface area contributed by atoms with Gasteiger partial charge in [0, 0.05) is 5.69 Å². The molecular formula is C20H22N4O3. The van der Waals surface area contributed by atoms with Crippen LogP contribution in [0.3, 0.4) is 0 Å². The van der Waals surface area contributed by atoms with Crippen LogP contribution in [-0.4, -0.2) is 23.9 Å². The van der Waals surface area contributed by atoms with Crippen molar-refractivity contribution in [3.63, 3.8) is 0 Å². The van der Waals surface area contributed by atoms with Crippen LogP contribution in [-0.2, 0) is 11.3 Å². The molecule has 0 unspecified atom stereocenters. The number of nitrogens with one attached hydrogen (secondary N) is 3. The maximum Gasteiger partial charge on any atom is 0.253 e. The van der Waals surface area contributed by atoms with Gasteiger partial charge in [0.2, 0.25) is 5.91 Å². The van der Waals surface area contributed by atoms with Crippen molar-refractivity contribution in [3.05, 3.63) is 54.0 Å². The lowest BCUT2D eigenvalue weighted by molar-refractivity contribution is -0.120. The molecule has 1 heterocycles. The second kappa shape index (κ2) is 8.41. The van der Waals surface area contributed by atoms with Crippen molar-refractivity contribution in [2.24, 2.45) is 0 Å². The molecule has 1 saturated carbocycles. The molecule has 27 heavy (non-hydrogen) atoms. The fraction of sp³-hybridized carbons (Fsp3) is 0.350. The monoisotopic (exact) mass is 366 g/mol. The molecule has 0 spiro atoms. The molecule has 3 N–H and O–H groups in total. The third kappa shape index (κ3) is 4.67. The fourth-order valence-corrected chi connectivity index (χ4v) is 3.24. The number of anilines is 1. The lowest BCUT2D eigenvalue weighted by Gasteiger charge is -2.22. The highest BCUT2D eigenvalue weighted by Gasteiger charge is 2.35. The van der Waals surface area contributed by atoms with Gasteiger partial charge >= 0.3 is 0 Å². The van der Waals surface area contributed by atoms with Crippen LogP contribution in [0, 0.1) is 11.3 Å². The highest BCUT2D eigenvalue weighted by atomic mass is 16.3. The maximum atomic E-state index is 12.4. The molecule has 0 aliphatic heterocycles. The molecule has 2 amide bonds. The molecule has 3 rings (SSSR count). The number of amides is 2. The quantitative estimate of drug-likeness (QED) is 0.698. The molecule has 0 radical (unpaired) electrons. The predicted molar refractivity (Wildman–Crippen MR) is 99.8 cm³/mol. The number of hydrogen-bond acceptors (Lipinski definition) is 5. The molecule has 1 aliphatic rings. The zero-order chi connectivity index (χ0) is 19.1. The first kappa shape index (κ1) is 18.5. The van der Waals surface area contributed by atoms with Crippen molar-refractivity contribution in [1.82, 2.24) is 10.6 Å². The van der Waals surface area contributed by atoms with Crippen molar-refractivity contribution >= 4 is 17.5 Å². The Morgan fingerprint density at radius 1 is 1.15 bits per heavy atom. The van der Waals surface area contributed by atoms with Gasteiger partial charge in [-0.05, 0) is 49.9 Å². The lowest BCUT2D eigenvalue weighted by atomic mass is 10.00. The van der Waals surface area contributed by atoms with Crippen molar-refractivity contribution < 1.29 is 14.0 Å². The van der Waals surface area contributed by atoms with E-state index in [0.717, 1.165) is 12.8 Å². The van der Waals surface area contributed by atoms with Crippen LogP contribution >= 0.6 is 0 Å². The van der Waals surface area contributed by atoms with E-state index in [2.05, 4.69) is 22.0 Å². The van der Waals surface area contributed by atoms with Gasteiger partial charge in [-0.1, -0.05) is 12.1 Å². The smallest absolute Gasteiger partial charge is 0.253 e. The first-order valence-corrected chi connectivity index (χ1v) is 8.98. The number of carbonyl (C=O) groups is 2. The summed E-state index contributed by atoms with van der Waals surface area (Å²) in [6.07, 6.45) is 4.80. The molecule has 0 bridgehead atoms. The Kier molecular flexibility index (Phi) is 5.77. The van der Waals surface area contributed by atoms with Gasteiger partial charge in [0.1, 0.15) is 11.3 Å². The summed E-state index contributed by atoms with van der Waals surface area (Å²) >= 11 is 0. The summed E-state index contributed by atoms with van der Waals surface area (Å²) in [6.45, 7) is 0.275. The summed E-state index contributed by atoms with van der Waals surface area (Å²) in [5, 5.41) is 18.0. The first-order valence-electron chi connectivity index (χ1n) is 8.98. The summed E-state index contributed by atoms with van der Waals surface area (Å²) in [5.41, 5.74) is 0.244. The minimum absolute atomic E-state index is 0.00803. The highest BCUT2D eigenvalue weighted by Crippen LogP contribution is 2.28. The molecule has 140 valence electrons. The van der Waals surface area contributed by atoms with Crippen molar-refractivity contribution in [3.8, 4) is 6.07 Å². The number of hydrogen-bond donors (Lipinski definition) is 3. The Morgan fingerprint density at radius 2 is 1.93 bits per heavy atom. The topological polar surface area (TPSA) is 107 Å². The van der Waals surface area contributed by atoms with Gasteiger partial charge in [0.15, 0.2) is 0 Å². The van der Waals surface area contributed by atoms with E-state index in [1.165, 1.54) is 0 Å². The second-order valence-corrected chi connectivity index (χ2v) is 6.61. The summed E-state index contributed by atoms with van der Waals surface area (Å²) in [4.78, 5) is 24.7. The number of nitrogens with zero attached hydrogens (tertiary/aromatic N) is 1. The van der Waals surface area contributed by atoms with E-state index < -0.39 is 5.54 Å². The summed E-state index contributed by atoms with van der Waals surface area (Å²) in [5.74, 6) is 0.134. The van der Waals surface area contributed by atoms with E-state index in [4.69, 9.17) is 4.42 Å². The van der Waals surface area contributed by atoms with E-state index in [1.807, 2.05) is 0 Å². The Balaban J connectivity index is 1.58. The SMILES string of the molecule is N#CC1(NC(=O)CNc2ccccc2C(=O)NCc2ccco2)CCCC1. The maximum absolute atomic E-state index is 12.4. The van der Waals surface area contributed by atoms with Crippen molar-refractivity contribution in [2.45, 2.75) is 37.8 Å². The van der Waals surface area contributed by atoms with Crippen LogP contribution in [0.4, 0.5) is 5.69 Å². The summed E-state index contributed by atoms with van der Waals surface area (Å²) in [7, 11) is 0. The molecule has 1 aromatic heterocycles. The van der Waals surface area contributed by atoms with Gasteiger partial charge in [0.05, 0.1) is 31.0 Å². The number of benzene rings is 1. The number of carbonyl (C=O) groups excluding carboxylic acids is 2.